The predicted octanol–water partition coefficient (Wildman–Crippen LogP) is -6.60. The minimum absolute atomic E-state index is 0.0257. The van der Waals surface area contributed by atoms with E-state index in [4.69, 9.17) is 28.3 Å². The highest BCUT2D eigenvalue weighted by Crippen LogP contribution is 2.27. The standard InChI is InChI=1S/C68H95N23O20S2/c1-33(92)55-65(109)85-47(27-54(98)99)66(110)91-23-7-13-50(91)64(108)81-41(10-4-20-74-67(71)72)58(102)86-49-32-113-112-31-48(77-52(95)28-69)62(106)84-46(61(105)87-55)25-36-30-90(89-88-36)22-6-12-42(56(100)82-44(26-53(96)97)34-14-16-37(93)17-15-34)78-59(103)43(18-19-51(70)94)80-60(104)45(24-35-29-76-39-9-3-2-8-38(35)39)83-57(101)40(79-63(49)107)11-5-21-75-68(73)111/h2-3,8-9,14-17,29-30,33,40-50,55,76,92-93H,4-7,10-13,18-28,31-32,69H2,1H3,(H2,70,94)(H,77,95)(H,78,103)(H,79,107)(H,80,104)(H,81,108)(H,82,100)(H,83,101)(H,84,106)(H,85,109)(H,86,102)(H,87,105)(H,96,97)(H,98,99)(H4,71,72,74)(H3,73,75,111)/t33-,40+,41+,42-,43+,44-,45+,46+,47+,48+,49+,50+,55+/m1/s1. The molecule has 0 unspecified atom stereocenters. The number of nitrogens with one attached hydrogen (secondary N) is 15. The zero-order valence-electron chi connectivity index (χ0n) is 61.4. The number of nitrogens with zero attached hydrogens (tertiary/aromatic N) is 4. The van der Waals surface area contributed by atoms with Crippen molar-refractivity contribution >= 4 is 133 Å². The largest absolute Gasteiger partial charge is 0.508 e. The van der Waals surface area contributed by atoms with Crippen molar-refractivity contribution in [3.05, 3.63) is 77.7 Å². The fourth-order valence-electron chi connectivity index (χ4n) is 12.5. The molecule has 2 fully saturated rings. The Morgan fingerprint density at radius 1 is 0.664 bits per heavy atom. The molecule has 4 aromatic rings. The predicted molar refractivity (Wildman–Crippen MR) is 403 cm³/mol. The summed E-state index contributed by atoms with van der Waals surface area (Å²) in [4.78, 5) is 231. The minimum Gasteiger partial charge on any atom is -0.508 e. The van der Waals surface area contributed by atoms with E-state index in [0.29, 0.717) is 16.5 Å². The lowest BCUT2D eigenvalue weighted by molar-refractivity contribution is -0.146. The van der Waals surface area contributed by atoms with Crippen molar-refractivity contribution in [3.63, 3.8) is 0 Å². The van der Waals surface area contributed by atoms with Crippen molar-refractivity contribution in [3.8, 4) is 5.75 Å². The van der Waals surface area contributed by atoms with E-state index in [-0.39, 0.29) is 101 Å². The van der Waals surface area contributed by atoms with Gasteiger partial charge in [-0.2, -0.15) is 0 Å². The average molecular weight is 1620 g/mol. The number of H-pyrrole nitrogens is 1. The summed E-state index contributed by atoms with van der Waals surface area (Å²) in [5, 5.41) is 90.9. The molecule has 113 heavy (non-hydrogen) atoms. The third-order valence-electron chi connectivity index (χ3n) is 18.3. The number of phenolic OH excluding ortho intramolecular Hbond substituents is 1. The normalized spacial score (nSPS) is 23.8. The Labute approximate surface area is 653 Å². The van der Waals surface area contributed by atoms with Gasteiger partial charge in [-0.05, 0) is 94.0 Å². The summed E-state index contributed by atoms with van der Waals surface area (Å²) >= 11 is 0. The number of phenols is 1. The molecular weight excluding hydrogens is 1520 g/mol. The Hall–Kier alpha value is -11.9. The number of hydrogen-bond donors (Lipinski definition) is 23. The summed E-state index contributed by atoms with van der Waals surface area (Å²) in [5.74, 6) is -18.8. The lowest BCUT2D eigenvalue weighted by atomic mass is 10.0. The van der Waals surface area contributed by atoms with Gasteiger partial charge in [0.15, 0.2) is 5.96 Å². The van der Waals surface area contributed by atoms with Crippen LogP contribution in [0.3, 0.4) is 0 Å². The maximum absolute atomic E-state index is 15.3. The van der Waals surface area contributed by atoms with Crippen LogP contribution in [0.5, 0.6) is 5.75 Å². The van der Waals surface area contributed by atoms with E-state index in [0.717, 1.165) is 33.4 Å². The van der Waals surface area contributed by atoms with E-state index < -0.39 is 229 Å². The Morgan fingerprint density at radius 2 is 1.27 bits per heavy atom. The molecule has 2 aromatic heterocycles. The van der Waals surface area contributed by atoms with E-state index in [1.165, 1.54) is 35.1 Å². The number of benzene rings is 2. The zero-order valence-corrected chi connectivity index (χ0v) is 63.0. The van der Waals surface area contributed by atoms with Gasteiger partial charge >= 0.3 is 18.0 Å². The van der Waals surface area contributed by atoms with Crippen LogP contribution in [0.4, 0.5) is 4.79 Å². The van der Waals surface area contributed by atoms with E-state index in [9.17, 15) is 78.0 Å². The number of primary amides is 2. The van der Waals surface area contributed by atoms with Gasteiger partial charge in [-0.15, -0.1) is 5.10 Å². The molecule has 45 heteroatoms. The van der Waals surface area contributed by atoms with Crippen LogP contribution in [0, 0.1) is 5.41 Å². The monoisotopic (exact) mass is 1620 g/mol. The number of carboxylic acid groups (broad SMARTS) is 2. The number of urea groups is 1. The number of carboxylic acids is 2. The first-order chi connectivity index (χ1) is 53.8. The molecule has 2 saturated heterocycles. The molecule has 0 radical (unpaired) electrons. The number of aliphatic hydroxyl groups excluding tert-OH is 1. The first-order valence-corrected chi connectivity index (χ1v) is 38.6. The van der Waals surface area contributed by atoms with Crippen molar-refractivity contribution in [2.75, 3.05) is 37.7 Å². The van der Waals surface area contributed by atoms with E-state index in [1.807, 2.05) is 0 Å². The van der Waals surface area contributed by atoms with Gasteiger partial charge in [-0.3, -0.25) is 82.0 Å². The van der Waals surface area contributed by atoms with Crippen LogP contribution < -0.4 is 92.1 Å². The van der Waals surface area contributed by atoms with Crippen molar-refractivity contribution in [1.82, 2.24) is 94.0 Å². The van der Waals surface area contributed by atoms with Crippen molar-refractivity contribution in [1.29, 1.82) is 5.41 Å². The van der Waals surface area contributed by atoms with Gasteiger partial charge in [-0.25, -0.2) is 4.79 Å². The third kappa shape index (κ3) is 27.5. The summed E-state index contributed by atoms with van der Waals surface area (Å²) in [6, 6.07) is -9.66. The number of hydrogen-bond acceptors (Lipinski definition) is 24. The number of nitrogens with two attached hydrogens (primary N) is 4. The molecule has 614 valence electrons. The molecule has 3 aliphatic rings. The summed E-state index contributed by atoms with van der Waals surface area (Å²) in [6.07, 6.45) is -4.23. The van der Waals surface area contributed by atoms with Crippen LogP contribution >= 0.6 is 21.6 Å². The van der Waals surface area contributed by atoms with Crippen molar-refractivity contribution < 1.29 is 97.1 Å². The van der Waals surface area contributed by atoms with E-state index in [2.05, 4.69) is 84.4 Å². The summed E-state index contributed by atoms with van der Waals surface area (Å²) in [6.45, 7) is -0.296. The van der Waals surface area contributed by atoms with Crippen LogP contribution in [0.2, 0.25) is 0 Å². The van der Waals surface area contributed by atoms with Gasteiger partial charge in [0.1, 0.15) is 72.2 Å². The maximum Gasteiger partial charge on any atom is 0.312 e. The second-order valence-corrected chi connectivity index (χ2v) is 29.5. The highest BCUT2D eigenvalue weighted by atomic mass is 33.1. The Kier molecular flexibility index (Phi) is 33.7. The lowest BCUT2D eigenvalue weighted by Gasteiger charge is -2.31. The number of amides is 15. The molecule has 0 saturated carbocycles. The van der Waals surface area contributed by atoms with Crippen LogP contribution in [-0.2, 0) is 91.3 Å². The van der Waals surface area contributed by atoms with Crippen LogP contribution in [0.15, 0.2) is 60.9 Å². The number of rotatable bonds is 23. The Morgan fingerprint density at radius 3 is 1.93 bits per heavy atom. The molecule has 2 aromatic carbocycles. The quantitative estimate of drug-likeness (QED) is 0.0142. The number of aromatic nitrogens is 4. The number of aromatic amines is 1. The highest BCUT2D eigenvalue weighted by molar-refractivity contribution is 8.76. The third-order valence-corrected chi connectivity index (χ3v) is 20.7. The maximum atomic E-state index is 15.3. The molecule has 5 heterocycles. The van der Waals surface area contributed by atoms with Crippen molar-refractivity contribution in [2.45, 2.75) is 182 Å². The minimum atomic E-state index is -2.05. The van der Waals surface area contributed by atoms with Crippen LogP contribution in [0.25, 0.3) is 10.9 Å². The second-order valence-electron chi connectivity index (χ2n) is 27.0. The first kappa shape index (κ1) is 88.3. The number of aryl methyl sites for hydroxylation is 1. The molecule has 15 amide bonds. The fourth-order valence-corrected chi connectivity index (χ4v) is 14.8. The molecule has 3 aliphatic heterocycles. The highest BCUT2D eigenvalue weighted by Gasteiger charge is 2.43. The molecule has 27 N–H and O–H groups in total. The van der Waals surface area contributed by atoms with Gasteiger partial charge in [0.05, 0.1) is 37.2 Å². The Balaban J connectivity index is 1.41. The van der Waals surface area contributed by atoms with Crippen LogP contribution in [0.1, 0.15) is 107 Å². The SMILES string of the molecule is C[C@@H](O)[C@@H]1NC(=O)[C@@H]2Cc3cn(nn3)CCC[C@H](C(=O)N[C@H](CC(=O)O)c3ccc(O)cc3)NC(=O)[C@H](CCC(N)=O)NC(=O)[C@H](Cc3c[nH]c4ccccc34)NC(=O)[C@H](CCCNC(N)=O)NC(=O)[C@H](CSSC[C@H](NC(=O)CN)C(=O)N2)NC(=O)[C@H](CCCNC(=N)N)NC(=O)[C@@H]2CCCN2C(=O)[C@H](CC(=O)O)NC1=O. The number of aliphatic hydroxyl groups is 1. The summed E-state index contributed by atoms with van der Waals surface area (Å²) in [7, 11) is 1.62. The van der Waals surface area contributed by atoms with E-state index >= 15 is 19.2 Å². The number of carbonyl (C=O) groups excluding carboxylic acids is 14. The second kappa shape index (κ2) is 43.1. The Bertz CT molecular complexity index is 4130. The average Bonchev–Trinajstić information content (AvgIpc) is 1.70. The molecule has 13 atom stereocenters. The van der Waals surface area contributed by atoms with Gasteiger partial charge in [0.25, 0.3) is 0 Å². The number of carbonyl (C=O) groups is 16. The van der Waals surface area contributed by atoms with Gasteiger partial charge in [0, 0.05) is 80.2 Å². The smallest absolute Gasteiger partial charge is 0.312 e. The number of guanidine groups is 1. The number of aromatic hydroxyl groups is 1. The molecule has 0 spiro atoms. The molecule has 4 bridgehead atoms. The zero-order chi connectivity index (χ0) is 82.6. The van der Waals surface area contributed by atoms with Gasteiger partial charge < -0.3 is 122 Å². The number of fused-ring (bicyclic) bond motifs is 12. The molecule has 7 rings (SSSR count). The fraction of sp³-hybridized carbons (Fsp3) is 0.515. The summed E-state index contributed by atoms with van der Waals surface area (Å²) < 4.78 is 1.21. The van der Waals surface area contributed by atoms with Crippen molar-refractivity contribution in [2.24, 2.45) is 22.9 Å². The number of aliphatic carboxylic acids is 2. The lowest BCUT2D eigenvalue weighted by Crippen LogP contribution is -2.62. The van der Waals surface area contributed by atoms with Gasteiger partial charge in [-0.1, -0.05) is 57.1 Å². The topological polar surface area (TPSA) is 688 Å². The molecule has 43 nitrogen and oxygen atoms in total. The first-order valence-electron chi connectivity index (χ1n) is 36.1. The number of para-hydroxylation sites is 1. The van der Waals surface area contributed by atoms with Gasteiger partial charge in [0.2, 0.25) is 76.8 Å². The molecular formula is C68H95N23O20S2. The van der Waals surface area contributed by atoms with Crippen LogP contribution in [-0.4, -0.2) is 256 Å². The van der Waals surface area contributed by atoms with E-state index in [1.54, 1.807) is 30.5 Å². The molecule has 0 aliphatic carbocycles. The summed E-state index contributed by atoms with van der Waals surface area (Å²) in [5.41, 5.74) is 23.4.